The standard InChI is InChI=1S/C17H19NO2/c1-11(19)18-10-13-6-8-15-16(20-2)9-7-12-4-3-5-14(13)17(12)15/h3-5,7,9,13H,6,8,10H2,1-2H3,(H,18,19)/t13-/m0/s1. The highest BCUT2D eigenvalue weighted by atomic mass is 16.5. The van der Waals surface area contributed by atoms with Gasteiger partial charge in [-0.2, -0.15) is 0 Å². The van der Waals surface area contributed by atoms with E-state index < -0.39 is 0 Å². The Morgan fingerprint density at radius 3 is 2.95 bits per heavy atom. The highest BCUT2D eigenvalue weighted by Gasteiger charge is 2.23. The number of ether oxygens (including phenoxy) is 1. The zero-order valence-electron chi connectivity index (χ0n) is 11.9. The van der Waals surface area contributed by atoms with Crippen LogP contribution >= 0.6 is 0 Å². The highest BCUT2D eigenvalue weighted by molar-refractivity contribution is 5.92. The molecular weight excluding hydrogens is 250 g/mol. The smallest absolute Gasteiger partial charge is 0.216 e. The van der Waals surface area contributed by atoms with Crippen molar-refractivity contribution in [2.24, 2.45) is 0 Å². The average Bonchev–Trinajstić information content (AvgIpc) is 2.47. The highest BCUT2D eigenvalue weighted by Crippen LogP contribution is 2.40. The molecule has 1 aliphatic carbocycles. The van der Waals surface area contributed by atoms with Crippen molar-refractivity contribution in [3.63, 3.8) is 0 Å². The lowest BCUT2D eigenvalue weighted by molar-refractivity contribution is -0.119. The molecule has 1 N–H and O–H groups in total. The largest absolute Gasteiger partial charge is 0.496 e. The van der Waals surface area contributed by atoms with E-state index in [0.717, 1.165) is 18.6 Å². The molecule has 0 radical (unpaired) electrons. The zero-order chi connectivity index (χ0) is 14.1. The second kappa shape index (κ2) is 5.16. The number of rotatable bonds is 3. The van der Waals surface area contributed by atoms with E-state index in [0.29, 0.717) is 12.5 Å². The monoisotopic (exact) mass is 269 g/mol. The van der Waals surface area contributed by atoms with Gasteiger partial charge in [-0.15, -0.1) is 0 Å². The predicted octanol–water partition coefficient (Wildman–Crippen LogP) is 3.01. The third kappa shape index (κ3) is 2.13. The fourth-order valence-electron chi connectivity index (χ4n) is 3.20. The minimum atomic E-state index is 0.0358. The number of hydrogen-bond donors (Lipinski definition) is 1. The van der Waals surface area contributed by atoms with Crippen molar-refractivity contribution in [1.29, 1.82) is 0 Å². The normalized spacial score (nSPS) is 17.0. The summed E-state index contributed by atoms with van der Waals surface area (Å²) < 4.78 is 5.50. The number of carbonyl (C=O) groups excluding carboxylic acids is 1. The van der Waals surface area contributed by atoms with Crippen molar-refractivity contribution in [3.05, 3.63) is 41.5 Å². The third-order valence-corrected chi connectivity index (χ3v) is 4.14. The zero-order valence-corrected chi connectivity index (χ0v) is 11.9. The fourth-order valence-corrected chi connectivity index (χ4v) is 3.20. The molecule has 1 amide bonds. The van der Waals surface area contributed by atoms with Crippen LogP contribution in [0.5, 0.6) is 5.75 Å². The van der Waals surface area contributed by atoms with Crippen LogP contribution in [0.25, 0.3) is 10.8 Å². The van der Waals surface area contributed by atoms with Gasteiger partial charge in [-0.1, -0.05) is 24.3 Å². The number of methoxy groups -OCH3 is 1. The second-order valence-corrected chi connectivity index (χ2v) is 5.36. The van der Waals surface area contributed by atoms with Crippen molar-refractivity contribution in [2.75, 3.05) is 13.7 Å². The Morgan fingerprint density at radius 1 is 1.35 bits per heavy atom. The van der Waals surface area contributed by atoms with E-state index in [1.807, 2.05) is 0 Å². The van der Waals surface area contributed by atoms with E-state index in [1.54, 1.807) is 14.0 Å². The molecule has 0 spiro atoms. The Kier molecular flexibility index (Phi) is 3.35. The van der Waals surface area contributed by atoms with E-state index in [4.69, 9.17) is 4.74 Å². The molecular formula is C17H19NO2. The number of benzene rings is 2. The van der Waals surface area contributed by atoms with Crippen molar-refractivity contribution in [1.82, 2.24) is 5.32 Å². The molecule has 3 rings (SSSR count). The van der Waals surface area contributed by atoms with Crippen molar-refractivity contribution >= 4 is 16.7 Å². The van der Waals surface area contributed by atoms with Crippen molar-refractivity contribution in [2.45, 2.75) is 25.7 Å². The quantitative estimate of drug-likeness (QED) is 0.930. The molecule has 1 aliphatic rings. The molecule has 0 unspecified atom stereocenters. The summed E-state index contributed by atoms with van der Waals surface area (Å²) in [6.07, 6.45) is 2.05. The maximum atomic E-state index is 11.1. The van der Waals surface area contributed by atoms with Crippen LogP contribution < -0.4 is 10.1 Å². The summed E-state index contributed by atoms with van der Waals surface area (Å²) in [6.45, 7) is 2.28. The van der Waals surface area contributed by atoms with Crippen LogP contribution in [0.2, 0.25) is 0 Å². The van der Waals surface area contributed by atoms with E-state index in [2.05, 4.69) is 35.6 Å². The number of nitrogens with one attached hydrogen (secondary N) is 1. The van der Waals surface area contributed by atoms with E-state index >= 15 is 0 Å². The predicted molar refractivity (Wildman–Crippen MR) is 80.2 cm³/mol. The molecule has 0 aromatic heterocycles. The molecule has 20 heavy (non-hydrogen) atoms. The molecule has 1 atom stereocenters. The first-order chi connectivity index (χ1) is 9.70. The minimum Gasteiger partial charge on any atom is -0.496 e. The number of carbonyl (C=O) groups is 1. The van der Waals surface area contributed by atoms with Crippen LogP contribution in [0.15, 0.2) is 30.3 Å². The second-order valence-electron chi connectivity index (χ2n) is 5.36. The molecule has 0 saturated carbocycles. The molecule has 0 fully saturated rings. The SMILES string of the molecule is COc1ccc2cccc3c2c1CC[C@H]3CNC(C)=O. The molecule has 2 aromatic carbocycles. The van der Waals surface area contributed by atoms with E-state index in [-0.39, 0.29) is 5.91 Å². The number of aryl methyl sites for hydroxylation is 1. The molecule has 0 aliphatic heterocycles. The first-order valence-electron chi connectivity index (χ1n) is 7.03. The summed E-state index contributed by atoms with van der Waals surface area (Å²) in [6, 6.07) is 10.6. The van der Waals surface area contributed by atoms with Crippen molar-refractivity contribution in [3.8, 4) is 5.75 Å². The Hall–Kier alpha value is -2.03. The van der Waals surface area contributed by atoms with Gasteiger partial charge >= 0.3 is 0 Å². The third-order valence-electron chi connectivity index (χ3n) is 4.14. The summed E-state index contributed by atoms with van der Waals surface area (Å²) in [5.74, 6) is 1.40. The van der Waals surface area contributed by atoms with Gasteiger partial charge in [0, 0.05) is 24.9 Å². The summed E-state index contributed by atoms with van der Waals surface area (Å²) >= 11 is 0. The Labute approximate surface area is 118 Å². The average molecular weight is 269 g/mol. The molecule has 0 saturated heterocycles. The molecule has 2 aromatic rings. The summed E-state index contributed by atoms with van der Waals surface area (Å²) in [5.41, 5.74) is 2.64. The van der Waals surface area contributed by atoms with Gasteiger partial charge in [0.2, 0.25) is 5.91 Å². The lowest BCUT2D eigenvalue weighted by Gasteiger charge is -2.27. The molecule has 0 heterocycles. The summed E-state index contributed by atoms with van der Waals surface area (Å²) in [5, 5.41) is 5.52. The van der Waals surface area contributed by atoms with Gasteiger partial charge in [0.05, 0.1) is 7.11 Å². The fraction of sp³-hybridized carbons (Fsp3) is 0.353. The lowest BCUT2D eigenvalue weighted by Crippen LogP contribution is -2.27. The van der Waals surface area contributed by atoms with Crippen LogP contribution in [-0.4, -0.2) is 19.6 Å². The topological polar surface area (TPSA) is 38.3 Å². The number of amides is 1. The van der Waals surface area contributed by atoms with E-state index in [9.17, 15) is 4.79 Å². The maximum Gasteiger partial charge on any atom is 0.216 e. The van der Waals surface area contributed by atoms with Gasteiger partial charge in [-0.3, -0.25) is 4.79 Å². The Morgan fingerprint density at radius 2 is 2.20 bits per heavy atom. The van der Waals surface area contributed by atoms with Gasteiger partial charge in [0.15, 0.2) is 0 Å². The first-order valence-corrected chi connectivity index (χ1v) is 7.03. The van der Waals surface area contributed by atoms with Crippen molar-refractivity contribution < 1.29 is 9.53 Å². The number of hydrogen-bond acceptors (Lipinski definition) is 2. The molecule has 0 bridgehead atoms. The van der Waals surface area contributed by atoms with Crippen LogP contribution in [0.4, 0.5) is 0 Å². The van der Waals surface area contributed by atoms with Gasteiger partial charge in [0.25, 0.3) is 0 Å². The van der Waals surface area contributed by atoms with Crippen LogP contribution in [0.1, 0.15) is 30.4 Å². The van der Waals surface area contributed by atoms with Crippen LogP contribution in [-0.2, 0) is 11.2 Å². The van der Waals surface area contributed by atoms with Crippen LogP contribution in [0.3, 0.4) is 0 Å². The summed E-state index contributed by atoms with van der Waals surface area (Å²) in [4.78, 5) is 11.1. The minimum absolute atomic E-state index is 0.0358. The first kappa shape index (κ1) is 13.0. The van der Waals surface area contributed by atoms with Gasteiger partial charge in [0.1, 0.15) is 5.75 Å². The summed E-state index contributed by atoms with van der Waals surface area (Å²) in [7, 11) is 1.73. The van der Waals surface area contributed by atoms with Gasteiger partial charge in [-0.25, -0.2) is 0 Å². The Balaban J connectivity index is 2.09. The molecule has 3 heteroatoms. The Bertz CT molecular complexity index is 663. The molecule has 104 valence electrons. The van der Waals surface area contributed by atoms with E-state index in [1.165, 1.54) is 21.9 Å². The van der Waals surface area contributed by atoms with Gasteiger partial charge in [-0.05, 0) is 35.2 Å². The van der Waals surface area contributed by atoms with Gasteiger partial charge < -0.3 is 10.1 Å². The molecule has 3 nitrogen and oxygen atoms in total. The van der Waals surface area contributed by atoms with Crippen LogP contribution in [0, 0.1) is 0 Å². The maximum absolute atomic E-state index is 11.1. The lowest BCUT2D eigenvalue weighted by atomic mass is 9.81.